The Morgan fingerprint density at radius 2 is 1.94 bits per heavy atom. The van der Waals surface area contributed by atoms with Crippen LogP contribution in [0, 0.1) is 0 Å². The molecule has 1 aliphatic rings. The van der Waals surface area contributed by atoms with Crippen molar-refractivity contribution in [2.75, 3.05) is 0 Å². The van der Waals surface area contributed by atoms with E-state index in [0.717, 1.165) is 52.5 Å². The number of pyridine rings is 2. The minimum absolute atomic E-state index is 0.147. The van der Waals surface area contributed by atoms with Gasteiger partial charge >= 0.3 is 5.97 Å². The van der Waals surface area contributed by atoms with Crippen molar-refractivity contribution in [3.8, 4) is 0 Å². The highest BCUT2D eigenvalue weighted by Gasteiger charge is 2.23. The predicted octanol–water partition coefficient (Wildman–Crippen LogP) is 5.09. The van der Waals surface area contributed by atoms with Crippen LogP contribution < -0.4 is 5.32 Å². The summed E-state index contributed by atoms with van der Waals surface area (Å²) in [6.07, 6.45) is 7.01. The molecule has 1 atom stereocenters. The summed E-state index contributed by atoms with van der Waals surface area (Å²) in [7, 11) is 0. The Balaban J connectivity index is 1.52. The summed E-state index contributed by atoms with van der Waals surface area (Å²) < 4.78 is 7.69. The molecule has 6 heteroatoms. The van der Waals surface area contributed by atoms with Gasteiger partial charge < -0.3 is 14.6 Å². The van der Waals surface area contributed by atoms with E-state index in [9.17, 15) is 4.79 Å². The van der Waals surface area contributed by atoms with Crippen molar-refractivity contribution >= 4 is 27.8 Å². The van der Waals surface area contributed by atoms with Crippen molar-refractivity contribution in [3.63, 3.8) is 0 Å². The average molecular weight is 443 g/mol. The van der Waals surface area contributed by atoms with E-state index in [1.54, 1.807) is 0 Å². The van der Waals surface area contributed by atoms with Crippen molar-refractivity contribution in [1.29, 1.82) is 0 Å². The average Bonchev–Trinajstić information content (AvgIpc) is 3.11. The number of carbonyl (C=O) groups is 1. The molecule has 3 heterocycles. The van der Waals surface area contributed by atoms with E-state index in [4.69, 9.17) is 9.72 Å². The van der Waals surface area contributed by atoms with Gasteiger partial charge in [-0.2, -0.15) is 0 Å². The van der Waals surface area contributed by atoms with E-state index in [-0.39, 0.29) is 18.6 Å². The van der Waals surface area contributed by atoms with E-state index < -0.39 is 5.60 Å². The van der Waals surface area contributed by atoms with Gasteiger partial charge in [-0.25, -0.2) is 0 Å². The molecule has 0 unspecified atom stereocenters. The van der Waals surface area contributed by atoms with Crippen LogP contribution >= 0.6 is 0 Å². The number of esters is 1. The van der Waals surface area contributed by atoms with Gasteiger partial charge in [0.1, 0.15) is 12.1 Å². The van der Waals surface area contributed by atoms with Crippen molar-refractivity contribution < 1.29 is 9.53 Å². The molecule has 0 radical (unpaired) electrons. The monoisotopic (exact) mass is 442 g/mol. The topological polar surface area (TPSA) is 69.0 Å². The maximum absolute atomic E-state index is 12.8. The Morgan fingerprint density at radius 3 is 2.79 bits per heavy atom. The van der Waals surface area contributed by atoms with E-state index in [1.165, 1.54) is 5.56 Å². The lowest BCUT2D eigenvalue weighted by Crippen LogP contribution is -2.27. The van der Waals surface area contributed by atoms with Gasteiger partial charge in [-0.15, -0.1) is 0 Å². The minimum Gasteiger partial charge on any atom is -0.459 e. The van der Waals surface area contributed by atoms with Gasteiger partial charge in [-0.3, -0.25) is 14.8 Å². The summed E-state index contributed by atoms with van der Waals surface area (Å²) in [5, 5.41) is 5.91. The summed E-state index contributed by atoms with van der Waals surface area (Å²) in [6.45, 7) is 6.42. The van der Waals surface area contributed by atoms with Crippen LogP contribution in [-0.2, 0) is 29.0 Å². The summed E-state index contributed by atoms with van der Waals surface area (Å²) in [6, 6.07) is 14.6. The molecule has 1 N–H and O–H groups in total. The standard InChI is InChI=1S/C27H30N4O2/c1-27(2,3)33-24(32)17-31-23-12-5-4-10-19(23)20-13-15-28-22(26(20)31)16-30-21-11-6-8-18-9-7-14-29-25(18)21/h4-5,7,9-10,12-15,21,30H,6,8,11,16-17H2,1-3H3/t21-/m0/s1. The Labute approximate surface area is 194 Å². The van der Waals surface area contributed by atoms with E-state index in [1.807, 2.05) is 57.4 Å². The van der Waals surface area contributed by atoms with Gasteiger partial charge in [0.25, 0.3) is 0 Å². The smallest absolute Gasteiger partial charge is 0.326 e. The number of nitrogens with one attached hydrogen (secondary N) is 1. The van der Waals surface area contributed by atoms with Crippen LogP contribution in [0.3, 0.4) is 0 Å². The molecule has 1 aliphatic carbocycles. The third-order valence-corrected chi connectivity index (χ3v) is 6.17. The Bertz CT molecular complexity index is 1320. The summed E-state index contributed by atoms with van der Waals surface area (Å²) in [5.41, 5.74) is 4.86. The van der Waals surface area contributed by atoms with Crippen molar-refractivity contribution in [1.82, 2.24) is 19.9 Å². The molecule has 0 amide bonds. The van der Waals surface area contributed by atoms with Crippen LogP contribution in [0.15, 0.2) is 54.9 Å². The molecule has 0 saturated carbocycles. The number of para-hydroxylation sites is 1. The first-order chi connectivity index (χ1) is 15.9. The van der Waals surface area contributed by atoms with Crippen LogP contribution in [0.2, 0.25) is 0 Å². The van der Waals surface area contributed by atoms with Gasteiger partial charge in [-0.1, -0.05) is 24.3 Å². The minimum atomic E-state index is -0.528. The number of aromatic nitrogens is 3. The normalized spacial score (nSPS) is 16.2. The zero-order chi connectivity index (χ0) is 23.0. The summed E-state index contributed by atoms with van der Waals surface area (Å²) in [4.78, 5) is 22.2. The number of nitrogens with zero attached hydrogens (tertiary/aromatic N) is 3. The fourth-order valence-corrected chi connectivity index (χ4v) is 4.90. The SMILES string of the molecule is CC(C)(C)OC(=O)Cn1c2ccccc2c2ccnc(CN[C@H]3CCCc4cccnc43)c21. The summed E-state index contributed by atoms with van der Waals surface area (Å²) >= 11 is 0. The Morgan fingerprint density at radius 1 is 1.09 bits per heavy atom. The van der Waals surface area contributed by atoms with Crippen LogP contribution in [-0.4, -0.2) is 26.1 Å². The van der Waals surface area contributed by atoms with E-state index >= 15 is 0 Å². The quantitative estimate of drug-likeness (QED) is 0.436. The molecular weight excluding hydrogens is 412 g/mol. The van der Waals surface area contributed by atoms with E-state index in [0.29, 0.717) is 6.54 Å². The molecule has 1 aromatic carbocycles. The van der Waals surface area contributed by atoms with Crippen molar-refractivity contribution in [3.05, 3.63) is 71.8 Å². The highest BCUT2D eigenvalue weighted by atomic mass is 16.6. The third-order valence-electron chi connectivity index (χ3n) is 6.17. The number of aryl methyl sites for hydroxylation is 1. The first-order valence-corrected chi connectivity index (χ1v) is 11.6. The molecule has 170 valence electrons. The molecule has 4 aromatic rings. The van der Waals surface area contributed by atoms with Crippen LogP contribution in [0.25, 0.3) is 21.8 Å². The number of carbonyl (C=O) groups excluding carboxylic acids is 1. The number of rotatable bonds is 5. The highest BCUT2D eigenvalue weighted by molar-refractivity contribution is 6.09. The van der Waals surface area contributed by atoms with Crippen molar-refractivity contribution in [2.45, 2.75) is 64.8 Å². The molecule has 0 bridgehead atoms. The van der Waals surface area contributed by atoms with Crippen LogP contribution in [0.5, 0.6) is 0 Å². The number of ether oxygens (including phenoxy) is 1. The molecule has 0 spiro atoms. The number of hydrogen-bond acceptors (Lipinski definition) is 5. The van der Waals surface area contributed by atoms with Gasteiger partial charge in [0.05, 0.1) is 22.9 Å². The van der Waals surface area contributed by atoms with Crippen LogP contribution in [0.1, 0.15) is 56.6 Å². The molecule has 33 heavy (non-hydrogen) atoms. The number of fused-ring (bicyclic) bond motifs is 4. The van der Waals surface area contributed by atoms with Gasteiger partial charge in [0.2, 0.25) is 0 Å². The second kappa shape index (κ2) is 8.60. The molecule has 3 aromatic heterocycles. The zero-order valence-corrected chi connectivity index (χ0v) is 19.5. The molecule has 0 aliphatic heterocycles. The van der Waals surface area contributed by atoms with Gasteiger partial charge in [0.15, 0.2) is 0 Å². The summed E-state index contributed by atoms with van der Waals surface area (Å²) in [5.74, 6) is -0.252. The molecular formula is C27H30N4O2. The predicted molar refractivity (Wildman–Crippen MR) is 130 cm³/mol. The second-order valence-electron chi connectivity index (χ2n) is 9.72. The Kier molecular flexibility index (Phi) is 5.62. The van der Waals surface area contributed by atoms with Crippen LogP contribution in [0.4, 0.5) is 0 Å². The fraction of sp³-hybridized carbons (Fsp3) is 0.370. The van der Waals surface area contributed by atoms with E-state index in [2.05, 4.69) is 33.1 Å². The van der Waals surface area contributed by atoms with Crippen molar-refractivity contribution in [2.24, 2.45) is 0 Å². The molecule has 5 rings (SSSR count). The fourth-order valence-electron chi connectivity index (χ4n) is 4.90. The Hall–Kier alpha value is -3.25. The molecule has 0 saturated heterocycles. The zero-order valence-electron chi connectivity index (χ0n) is 19.5. The lowest BCUT2D eigenvalue weighted by atomic mass is 9.92. The third kappa shape index (κ3) is 4.35. The maximum atomic E-state index is 12.8. The maximum Gasteiger partial charge on any atom is 0.326 e. The number of benzene rings is 1. The molecule has 0 fully saturated rings. The lowest BCUT2D eigenvalue weighted by Gasteiger charge is -2.25. The van der Waals surface area contributed by atoms with Gasteiger partial charge in [0, 0.05) is 35.2 Å². The first kappa shape index (κ1) is 21.6. The largest absolute Gasteiger partial charge is 0.459 e. The molecule has 6 nitrogen and oxygen atoms in total. The van der Waals surface area contributed by atoms with Gasteiger partial charge in [-0.05, 0) is 63.8 Å². The highest BCUT2D eigenvalue weighted by Crippen LogP contribution is 2.32. The number of hydrogen-bond donors (Lipinski definition) is 1. The first-order valence-electron chi connectivity index (χ1n) is 11.6. The second-order valence-corrected chi connectivity index (χ2v) is 9.72. The lowest BCUT2D eigenvalue weighted by molar-refractivity contribution is -0.155.